The Bertz CT molecular complexity index is 1220. The summed E-state index contributed by atoms with van der Waals surface area (Å²) in [5, 5.41) is 9.42. The summed E-state index contributed by atoms with van der Waals surface area (Å²) in [7, 11) is -3.97. The molecule has 0 bridgehead atoms. The minimum absolute atomic E-state index is 0.00165. The molecule has 2 aromatic rings. The number of carbonyl (C=O) groups is 1. The molecule has 1 aliphatic carbocycles. The maximum atomic E-state index is 14.0. The fraction of sp³-hybridized carbons (Fsp3) is 0.458. The van der Waals surface area contributed by atoms with Crippen LogP contribution < -0.4 is 9.46 Å². The Balaban J connectivity index is 1.33. The quantitative estimate of drug-likeness (QED) is 0.586. The van der Waals surface area contributed by atoms with Crippen molar-refractivity contribution >= 4 is 16.0 Å². The van der Waals surface area contributed by atoms with Crippen molar-refractivity contribution in [3.63, 3.8) is 0 Å². The predicted octanol–water partition coefficient (Wildman–Crippen LogP) is 2.59. The number of aromatic carboxylic acids is 1. The summed E-state index contributed by atoms with van der Waals surface area (Å²) in [6.45, 7) is 4.93. The number of benzene rings is 2. The van der Waals surface area contributed by atoms with Gasteiger partial charge in [0.25, 0.3) is 0 Å². The first-order chi connectivity index (χ1) is 16.3. The minimum atomic E-state index is -3.97. The molecule has 2 N–H and O–H groups in total. The van der Waals surface area contributed by atoms with Crippen LogP contribution in [0.15, 0.2) is 41.3 Å². The lowest BCUT2D eigenvalue weighted by Crippen LogP contribution is -2.29. The Kier molecular flexibility index (Phi) is 6.09. The van der Waals surface area contributed by atoms with E-state index in [0.717, 1.165) is 32.1 Å². The van der Waals surface area contributed by atoms with Gasteiger partial charge in [0.1, 0.15) is 17.1 Å². The molecule has 3 unspecified atom stereocenters. The van der Waals surface area contributed by atoms with Gasteiger partial charge in [0.15, 0.2) is 0 Å². The highest BCUT2D eigenvalue weighted by Gasteiger charge is 2.57. The van der Waals surface area contributed by atoms with Gasteiger partial charge in [-0.1, -0.05) is 19.1 Å². The Morgan fingerprint density at radius 1 is 1.32 bits per heavy atom. The highest BCUT2D eigenvalue weighted by Crippen LogP contribution is 2.55. The number of para-hydroxylation sites is 1. The van der Waals surface area contributed by atoms with Crippen molar-refractivity contribution in [3.05, 3.63) is 58.9 Å². The lowest BCUT2D eigenvalue weighted by Gasteiger charge is -2.17. The number of carboxylic acids is 1. The molecule has 5 rings (SSSR count). The first-order valence-electron chi connectivity index (χ1n) is 11.4. The van der Waals surface area contributed by atoms with Crippen molar-refractivity contribution in [2.24, 2.45) is 5.92 Å². The van der Waals surface area contributed by atoms with Gasteiger partial charge in [0.2, 0.25) is 10.0 Å². The second-order valence-corrected chi connectivity index (χ2v) is 10.7. The molecule has 0 spiro atoms. The van der Waals surface area contributed by atoms with E-state index in [1.807, 2.05) is 0 Å². The van der Waals surface area contributed by atoms with Crippen LogP contribution in [0.5, 0.6) is 5.75 Å². The molecule has 2 aromatic carbocycles. The second-order valence-electron chi connectivity index (χ2n) is 9.04. The summed E-state index contributed by atoms with van der Waals surface area (Å²) in [6, 6.07) is 8.05. The molecular formula is C24H27FN2O6S. The van der Waals surface area contributed by atoms with Crippen molar-refractivity contribution in [1.29, 1.82) is 0 Å². The average Bonchev–Trinajstić information content (AvgIpc) is 3.29. The van der Waals surface area contributed by atoms with Crippen molar-refractivity contribution in [2.45, 2.75) is 42.9 Å². The van der Waals surface area contributed by atoms with Crippen LogP contribution in [0.25, 0.3) is 0 Å². The van der Waals surface area contributed by atoms with Gasteiger partial charge in [-0.25, -0.2) is 22.3 Å². The number of halogens is 1. The lowest BCUT2D eigenvalue weighted by molar-refractivity contribution is 0.0457. The maximum absolute atomic E-state index is 14.0. The monoisotopic (exact) mass is 490 g/mol. The molecular weight excluding hydrogens is 463 g/mol. The fourth-order valence-electron chi connectivity index (χ4n) is 5.09. The van der Waals surface area contributed by atoms with Gasteiger partial charge in [0, 0.05) is 42.1 Å². The van der Waals surface area contributed by atoms with E-state index in [2.05, 4.69) is 16.5 Å². The molecule has 0 aromatic heterocycles. The van der Waals surface area contributed by atoms with Gasteiger partial charge in [0.05, 0.1) is 24.2 Å². The number of likely N-dealkylation sites (N-methyl/N-ethyl adjacent to an activating group) is 1. The minimum Gasteiger partial charge on any atom is -0.492 e. The van der Waals surface area contributed by atoms with Crippen LogP contribution in [-0.4, -0.2) is 62.8 Å². The largest absolute Gasteiger partial charge is 0.492 e. The van der Waals surface area contributed by atoms with E-state index in [9.17, 15) is 22.7 Å². The Morgan fingerprint density at radius 3 is 2.88 bits per heavy atom. The highest BCUT2D eigenvalue weighted by molar-refractivity contribution is 7.89. The molecule has 4 atom stereocenters. The van der Waals surface area contributed by atoms with Crippen LogP contribution in [0, 0.1) is 11.7 Å². The number of nitrogens with one attached hydrogen (secondary N) is 1. The molecule has 2 heterocycles. The molecule has 2 fully saturated rings. The third-order valence-corrected chi connectivity index (χ3v) is 8.54. The molecule has 1 saturated carbocycles. The van der Waals surface area contributed by atoms with Crippen molar-refractivity contribution in [1.82, 2.24) is 9.62 Å². The normalized spacial score (nSPS) is 25.9. The highest BCUT2D eigenvalue weighted by atomic mass is 32.2. The van der Waals surface area contributed by atoms with Crippen LogP contribution in [0.2, 0.25) is 0 Å². The van der Waals surface area contributed by atoms with Crippen LogP contribution >= 0.6 is 0 Å². The number of sulfonamides is 1. The zero-order valence-corrected chi connectivity index (χ0v) is 19.6. The SMILES string of the molecule is CCN1CC[C@H](OCc2cc(F)ccc2S(=O)(=O)NC2C3COc4c(C(=O)O)cccc4C32)C1. The van der Waals surface area contributed by atoms with Crippen LogP contribution in [0.1, 0.15) is 40.7 Å². The Labute approximate surface area is 197 Å². The summed E-state index contributed by atoms with van der Waals surface area (Å²) < 4.78 is 55.0. The predicted molar refractivity (Wildman–Crippen MR) is 121 cm³/mol. The molecule has 0 amide bonds. The molecule has 0 radical (unpaired) electrons. The standard InChI is InChI=1S/C24H27FN2O6S/c1-2-27-9-8-16(11-27)32-12-14-10-15(25)6-7-20(14)34(30,31)26-22-19-13-33-23-17(21(19)22)4-3-5-18(23)24(28)29/h3-7,10,16,19,21-22,26H,2,8-9,11-13H2,1H3,(H,28,29)/t16-,19?,21?,22?/m0/s1. The number of ether oxygens (including phenoxy) is 2. The lowest BCUT2D eigenvalue weighted by atomic mass is 10.0. The maximum Gasteiger partial charge on any atom is 0.339 e. The van der Waals surface area contributed by atoms with Gasteiger partial charge in [-0.15, -0.1) is 0 Å². The number of nitrogens with zero attached hydrogens (tertiary/aromatic N) is 1. The zero-order chi connectivity index (χ0) is 24.0. The molecule has 2 aliphatic heterocycles. The van der Waals surface area contributed by atoms with Gasteiger partial charge < -0.3 is 19.5 Å². The summed E-state index contributed by atoms with van der Waals surface area (Å²) in [6.07, 6.45) is 0.835. The smallest absolute Gasteiger partial charge is 0.339 e. The van der Waals surface area contributed by atoms with Gasteiger partial charge in [-0.05, 0) is 37.2 Å². The second kappa shape index (κ2) is 8.92. The van der Waals surface area contributed by atoms with E-state index in [1.165, 1.54) is 18.2 Å². The van der Waals surface area contributed by atoms with Crippen molar-refractivity contribution in [3.8, 4) is 5.75 Å². The average molecular weight is 491 g/mol. The molecule has 8 nitrogen and oxygen atoms in total. The van der Waals surface area contributed by atoms with E-state index in [0.29, 0.717) is 11.3 Å². The summed E-state index contributed by atoms with van der Waals surface area (Å²) in [4.78, 5) is 13.7. The number of hydrogen-bond donors (Lipinski definition) is 2. The molecule has 1 saturated heterocycles. The van der Waals surface area contributed by atoms with E-state index in [1.54, 1.807) is 12.1 Å². The van der Waals surface area contributed by atoms with E-state index >= 15 is 0 Å². The van der Waals surface area contributed by atoms with E-state index in [-0.39, 0.29) is 47.2 Å². The van der Waals surface area contributed by atoms with Gasteiger partial charge in [-0.3, -0.25) is 0 Å². The topological polar surface area (TPSA) is 105 Å². The van der Waals surface area contributed by atoms with Crippen molar-refractivity contribution in [2.75, 3.05) is 26.2 Å². The van der Waals surface area contributed by atoms with Gasteiger partial charge >= 0.3 is 5.97 Å². The third kappa shape index (κ3) is 4.31. The molecule has 3 aliphatic rings. The van der Waals surface area contributed by atoms with E-state index < -0.39 is 27.9 Å². The third-order valence-electron chi connectivity index (χ3n) is 6.98. The number of fused-ring (bicyclic) bond motifs is 3. The number of rotatable bonds is 8. The summed E-state index contributed by atoms with van der Waals surface area (Å²) in [5.41, 5.74) is 1.03. The Hall–Kier alpha value is -2.53. The van der Waals surface area contributed by atoms with Crippen LogP contribution in [-0.2, 0) is 21.4 Å². The summed E-state index contributed by atoms with van der Waals surface area (Å²) >= 11 is 0. The molecule has 182 valence electrons. The Morgan fingerprint density at radius 2 is 2.15 bits per heavy atom. The fourth-order valence-corrected chi connectivity index (χ4v) is 6.60. The summed E-state index contributed by atoms with van der Waals surface area (Å²) in [5.74, 6) is -1.58. The number of likely N-dealkylation sites (tertiary alicyclic amines) is 1. The van der Waals surface area contributed by atoms with Crippen molar-refractivity contribution < 1.29 is 32.2 Å². The number of carboxylic acid groups (broad SMARTS) is 1. The first-order valence-corrected chi connectivity index (χ1v) is 12.9. The first kappa shape index (κ1) is 23.2. The van der Waals surface area contributed by atoms with Crippen LogP contribution in [0.4, 0.5) is 4.39 Å². The van der Waals surface area contributed by atoms with E-state index in [4.69, 9.17) is 9.47 Å². The zero-order valence-electron chi connectivity index (χ0n) is 18.7. The molecule has 34 heavy (non-hydrogen) atoms. The van der Waals surface area contributed by atoms with Crippen LogP contribution in [0.3, 0.4) is 0 Å². The molecule has 10 heteroatoms. The number of hydrogen-bond acceptors (Lipinski definition) is 6. The van der Waals surface area contributed by atoms with Gasteiger partial charge in [-0.2, -0.15) is 0 Å².